The first kappa shape index (κ1) is 17.7. The SMILES string of the molecule is CN(C)CC1(O)c2cc(NS(C)(=O)=O)ccc2COc2ccccc21. The molecule has 1 atom stereocenters. The smallest absolute Gasteiger partial charge is 0.229 e. The van der Waals surface area contributed by atoms with Gasteiger partial charge >= 0.3 is 0 Å². The molecule has 0 fully saturated rings. The summed E-state index contributed by atoms with van der Waals surface area (Å²) in [5.41, 5.74) is 1.22. The summed E-state index contributed by atoms with van der Waals surface area (Å²) in [6, 6.07) is 12.5. The Bertz CT molecular complexity index is 896. The lowest BCUT2D eigenvalue weighted by atomic mass is 9.83. The summed E-state index contributed by atoms with van der Waals surface area (Å²) >= 11 is 0. The summed E-state index contributed by atoms with van der Waals surface area (Å²) in [5.74, 6) is 0.626. The van der Waals surface area contributed by atoms with E-state index in [1.165, 1.54) is 0 Å². The molecule has 1 aliphatic rings. The molecule has 6 nitrogen and oxygen atoms in total. The maximum Gasteiger partial charge on any atom is 0.229 e. The van der Waals surface area contributed by atoms with E-state index in [1.54, 1.807) is 18.2 Å². The zero-order chi connectivity index (χ0) is 18.2. The molecular weight excluding hydrogens is 340 g/mol. The molecule has 2 aromatic carbocycles. The highest BCUT2D eigenvalue weighted by Crippen LogP contribution is 2.41. The van der Waals surface area contributed by atoms with Gasteiger partial charge in [-0.15, -0.1) is 0 Å². The van der Waals surface area contributed by atoms with Crippen LogP contribution in [0.4, 0.5) is 5.69 Å². The van der Waals surface area contributed by atoms with Crippen LogP contribution in [0, 0.1) is 0 Å². The molecule has 25 heavy (non-hydrogen) atoms. The second kappa shape index (κ2) is 6.33. The van der Waals surface area contributed by atoms with Crippen molar-refractivity contribution in [1.29, 1.82) is 0 Å². The minimum atomic E-state index is -3.41. The zero-order valence-electron chi connectivity index (χ0n) is 14.5. The van der Waals surface area contributed by atoms with Crippen molar-refractivity contribution >= 4 is 15.7 Å². The minimum absolute atomic E-state index is 0.307. The molecule has 1 heterocycles. The number of likely N-dealkylation sites (N-methyl/N-ethyl adjacent to an activating group) is 1. The van der Waals surface area contributed by atoms with E-state index in [-0.39, 0.29) is 0 Å². The number of para-hydroxylation sites is 1. The topological polar surface area (TPSA) is 78.9 Å². The highest BCUT2D eigenvalue weighted by molar-refractivity contribution is 7.92. The number of nitrogens with one attached hydrogen (secondary N) is 1. The van der Waals surface area contributed by atoms with Crippen molar-refractivity contribution in [3.63, 3.8) is 0 Å². The van der Waals surface area contributed by atoms with Crippen LogP contribution in [0.1, 0.15) is 16.7 Å². The van der Waals surface area contributed by atoms with Gasteiger partial charge < -0.3 is 14.7 Å². The van der Waals surface area contributed by atoms with Gasteiger partial charge in [-0.3, -0.25) is 4.72 Å². The van der Waals surface area contributed by atoms with Gasteiger partial charge in [0.2, 0.25) is 10.0 Å². The third-order valence-corrected chi connectivity index (χ3v) is 4.73. The molecule has 0 spiro atoms. The molecule has 3 rings (SSSR count). The van der Waals surface area contributed by atoms with E-state index in [2.05, 4.69) is 4.72 Å². The second-order valence-corrected chi connectivity index (χ2v) is 8.38. The van der Waals surface area contributed by atoms with Gasteiger partial charge in [0.15, 0.2) is 0 Å². The molecule has 1 aliphatic heterocycles. The first-order valence-corrected chi connectivity index (χ1v) is 9.79. The summed E-state index contributed by atoms with van der Waals surface area (Å²) in [6.45, 7) is 0.643. The van der Waals surface area contributed by atoms with Crippen LogP contribution < -0.4 is 9.46 Å². The van der Waals surface area contributed by atoms with Gasteiger partial charge in [0.05, 0.1) is 6.26 Å². The van der Waals surface area contributed by atoms with Gasteiger partial charge in [-0.2, -0.15) is 0 Å². The van der Waals surface area contributed by atoms with Crippen molar-refractivity contribution in [2.45, 2.75) is 12.2 Å². The highest BCUT2D eigenvalue weighted by atomic mass is 32.2. The Balaban J connectivity index is 2.20. The van der Waals surface area contributed by atoms with Crippen molar-refractivity contribution in [1.82, 2.24) is 4.90 Å². The number of sulfonamides is 1. The maximum atomic E-state index is 11.6. The Kier molecular flexibility index (Phi) is 4.49. The molecule has 0 amide bonds. The van der Waals surface area contributed by atoms with E-state index < -0.39 is 15.6 Å². The zero-order valence-corrected chi connectivity index (χ0v) is 15.3. The molecule has 1 unspecified atom stereocenters. The van der Waals surface area contributed by atoms with Crippen molar-refractivity contribution in [2.75, 3.05) is 31.6 Å². The quantitative estimate of drug-likeness (QED) is 0.866. The predicted octanol–water partition coefficient (Wildman–Crippen LogP) is 1.75. The molecule has 134 valence electrons. The van der Waals surface area contributed by atoms with Gasteiger partial charge in [-0.05, 0) is 43.4 Å². The maximum absolute atomic E-state index is 11.6. The van der Waals surface area contributed by atoms with Crippen LogP contribution in [0.5, 0.6) is 5.75 Å². The number of hydrogen-bond acceptors (Lipinski definition) is 5. The summed E-state index contributed by atoms with van der Waals surface area (Å²) < 4.78 is 31.5. The number of benzene rings is 2. The number of nitrogens with zero attached hydrogens (tertiary/aromatic N) is 1. The average molecular weight is 362 g/mol. The number of aliphatic hydroxyl groups is 1. The lowest BCUT2D eigenvalue weighted by molar-refractivity contribution is 0.0508. The molecular formula is C18H22N2O4S. The van der Waals surface area contributed by atoms with Gasteiger partial charge in [0.25, 0.3) is 0 Å². The van der Waals surface area contributed by atoms with Gasteiger partial charge in [-0.1, -0.05) is 24.3 Å². The van der Waals surface area contributed by atoms with E-state index in [0.29, 0.717) is 35.7 Å². The number of fused-ring (bicyclic) bond motifs is 2. The summed E-state index contributed by atoms with van der Waals surface area (Å²) in [5, 5.41) is 11.6. The molecule has 2 aromatic rings. The standard InChI is InChI=1S/C18H22N2O4S/c1-20(2)12-18(21)15-6-4-5-7-17(15)24-11-13-8-9-14(10-16(13)18)19-25(3,22)23/h4-10,19,21H,11-12H2,1-3H3. The Morgan fingerprint density at radius 2 is 1.92 bits per heavy atom. The first-order chi connectivity index (χ1) is 11.7. The molecule has 0 saturated heterocycles. The summed E-state index contributed by atoms with van der Waals surface area (Å²) in [4.78, 5) is 1.89. The van der Waals surface area contributed by atoms with E-state index >= 15 is 0 Å². The number of hydrogen-bond donors (Lipinski definition) is 2. The Morgan fingerprint density at radius 1 is 1.20 bits per heavy atom. The molecule has 0 radical (unpaired) electrons. The number of ether oxygens (including phenoxy) is 1. The van der Waals surface area contributed by atoms with E-state index in [4.69, 9.17) is 4.74 Å². The number of anilines is 1. The lowest BCUT2D eigenvalue weighted by Crippen LogP contribution is -2.39. The van der Waals surface area contributed by atoms with Gasteiger partial charge in [-0.25, -0.2) is 8.42 Å². The van der Waals surface area contributed by atoms with Gasteiger partial charge in [0, 0.05) is 17.8 Å². The molecule has 0 aromatic heterocycles. The van der Waals surface area contributed by atoms with E-state index in [0.717, 1.165) is 11.8 Å². The lowest BCUT2D eigenvalue weighted by Gasteiger charge is -2.32. The van der Waals surface area contributed by atoms with Gasteiger partial charge in [0.1, 0.15) is 18.0 Å². The molecule has 0 aliphatic carbocycles. The summed E-state index contributed by atoms with van der Waals surface area (Å²) in [6.07, 6.45) is 1.10. The third kappa shape index (κ3) is 3.63. The molecule has 0 saturated carbocycles. The van der Waals surface area contributed by atoms with E-state index in [1.807, 2.05) is 43.3 Å². The molecule has 7 heteroatoms. The fourth-order valence-electron chi connectivity index (χ4n) is 3.23. The monoisotopic (exact) mass is 362 g/mol. The van der Waals surface area contributed by atoms with Crippen molar-refractivity contribution in [3.05, 3.63) is 59.2 Å². The molecule has 2 N–H and O–H groups in total. The van der Waals surface area contributed by atoms with Crippen LogP contribution in [0.2, 0.25) is 0 Å². The number of rotatable bonds is 4. The van der Waals surface area contributed by atoms with Crippen LogP contribution in [-0.4, -0.2) is 45.3 Å². The highest BCUT2D eigenvalue weighted by Gasteiger charge is 2.39. The van der Waals surface area contributed by atoms with Crippen LogP contribution in [0.15, 0.2) is 42.5 Å². The fraction of sp³-hybridized carbons (Fsp3) is 0.333. The minimum Gasteiger partial charge on any atom is -0.488 e. The Labute approximate surface area is 148 Å². The van der Waals surface area contributed by atoms with Crippen molar-refractivity contribution in [3.8, 4) is 5.75 Å². The summed E-state index contributed by atoms with van der Waals surface area (Å²) in [7, 11) is 0.352. The Hall–Kier alpha value is -2.09. The van der Waals surface area contributed by atoms with Crippen LogP contribution in [-0.2, 0) is 22.2 Å². The van der Waals surface area contributed by atoms with Crippen LogP contribution in [0.25, 0.3) is 0 Å². The second-order valence-electron chi connectivity index (χ2n) is 6.63. The fourth-order valence-corrected chi connectivity index (χ4v) is 3.78. The van der Waals surface area contributed by atoms with Crippen molar-refractivity contribution in [2.24, 2.45) is 0 Å². The average Bonchev–Trinajstić information content (AvgIpc) is 2.62. The van der Waals surface area contributed by atoms with E-state index in [9.17, 15) is 13.5 Å². The first-order valence-electron chi connectivity index (χ1n) is 7.90. The largest absolute Gasteiger partial charge is 0.488 e. The molecule has 0 bridgehead atoms. The Morgan fingerprint density at radius 3 is 2.60 bits per heavy atom. The van der Waals surface area contributed by atoms with Crippen molar-refractivity contribution < 1.29 is 18.3 Å². The third-order valence-electron chi connectivity index (χ3n) is 4.12. The van der Waals surface area contributed by atoms with Crippen LogP contribution >= 0.6 is 0 Å². The predicted molar refractivity (Wildman–Crippen MR) is 97.2 cm³/mol. The van der Waals surface area contributed by atoms with Crippen LogP contribution in [0.3, 0.4) is 0 Å². The normalized spacial score (nSPS) is 19.6.